The molecule has 0 spiro atoms. The minimum atomic E-state index is -0.416. The van der Waals surface area contributed by atoms with Crippen molar-refractivity contribution in [3.63, 3.8) is 0 Å². The lowest BCUT2D eigenvalue weighted by molar-refractivity contribution is 0.181. The standard InChI is InChI=1S/C29H31ClN4O2/c1-4-19-33(29(36)31-22-15-13-21(30)14-16-22)26(6-3)27-32-25-10-8-7-9-24(25)28(35)34(27)23-17-11-20(5-2)12-18-23/h7-18,26H,4-6,19H2,1-3H3,(H,31,36). The minimum Gasteiger partial charge on any atom is -0.314 e. The highest BCUT2D eigenvalue weighted by Gasteiger charge is 2.28. The van der Waals surface area contributed by atoms with Gasteiger partial charge in [-0.3, -0.25) is 9.36 Å². The highest BCUT2D eigenvalue weighted by molar-refractivity contribution is 6.30. The average Bonchev–Trinajstić information content (AvgIpc) is 2.90. The first kappa shape index (κ1) is 25.5. The van der Waals surface area contributed by atoms with Crippen LogP contribution in [-0.2, 0) is 6.42 Å². The Morgan fingerprint density at radius 1 is 1.00 bits per heavy atom. The molecule has 0 aliphatic heterocycles. The number of nitrogens with one attached hydrogen (secondary N) is 1. The van der Waals surface area contributed by atoms with E-state index in [0.717, 1.165) is 18.5 Å². The Kier molecular flexibility index (Phi) is 8.06. The SMILES string of the molecule is CCCN(C(=O)Nc1ccc(Cl)cc1)C(CC)c1nc2ccccc2c(=O)n1-c1ccc(CC)cc1. The molecule has 0 aliphatic carbocycles. The Bertz CT molecular complexity index is 1400. The number of nitrogens with zero attached hydrogens (tertiary/aromatic N) is 3. The van der Waals surface area contributed by atoms with Gasteiger partial charge in [-0.05, 0) is 73.4 Å². The Hall–Kier alpha value is -3.64. The third-order valence-electron chi connectivity index (χ3n) is 6.29. The Morgan fingerprint density at radius 2 is 1.69 bits per heavy atom. The molecular formula is C29H31ClN4O2. The van der Waals surface area contributed by atoms with Crippen LogP contribution in [0.3, 0.4) is 0 Å². The second-order valence-corrected chi connectivity index (χ2v) is 9.14. The lowest BCUT2D eigenvalue weighted by atomic mass is 10.1. The van der Waals surface area contributed by atoms with Crippen molar-refractivity contribution in [2.24, 2.45) is 0 Å². The van der Waals surface area contributed by atoms with Crippen molar-refractivity contribution in [2.75, 3.05) is 11.9 Å². The molecule has 0 saturated heterocycles. The number of anilines is 1. The van der Waals surface area contributed by atoms with Crippen LogP contribution in [0.2, 0.25) is 5.02 Å². The van der Waals surface area contributed by atoms with Gasteiger partial charge in [0.15, 0.2) is 0 Å². The molecule has 7 heteroatoms. The van der Waals surface area contributed by atoms with Crippen LogP contribution in [0, 0.1) is 0 Å². The minimum absolute atomic E-state index is 0.146. The van der Waals surface area contributed by atoms with Crippen LogP contribution in [-0.4, -0.2) is 27.0 Å². The Morgan fingerprint density at radius 3 is 2.33 bits per heavy atom. The van der Waals surface area contributed by atoms with Crippen molar-refractivity contribution in [1.82, 2.24) is 14.5 Å². The largest absolute Gasteiger partial charge is 0.322 e. The normalized spacial score (nSPS) is 11.9. The number of amides is 2. The van der Waals surface area contributed by atoms with Gasteiger partial charge in [-0.25, -0.2) is 9.78 Å². The quantitative estimate of drug-likeness (QED) is 0.282. The van der Waals surface area contributed by atoms with E-state index in [2.05, 4.69) is 12.2 Å². The summed E-state index contributed by atoms with van der Waals surface area (Å²) in [7, 11) is 0. The van der Waals surface area contributed by atoms with Gasteiger partial charge in [-0.2, -0.15) is 0 Å². The molecule has 3 aromatic carbocycles. The fourth-order valence-electron chi connectivity index (χ4n) is 4.41. The number of aromatic nitrogens is 2. The van der Waals surface area contributed by atoms with Crippen LogP contribution < -0.4 is 10.9 Å². The third-order valence-corrected chi connectivity index (χ3v) is 6.54. The Balaban J connectivity index is 1.85. The second kappa shape index (κ2) is 11.4. The molecular weight excluding hydrogens is 472 g/mol. The highest BCUT2D eigenvalue weighted by atomic mass is 35.5. The second-order valence-electron chi connectivity index (χ2n) is 8.70. The maximum Gasteiger partial charge on any atom is 0.322 e. The third kappa shape index (κ3) is 5.29. The summed E-state index contributed by atoms with van der Waals surface area (Å²) in [5.74, 6) is 0.546. The van der Waals surface area contributed by atoms with Gasteiger partial charge in [0, 0.05) is 17.3 Å². The van der Waals surface area contributed by atoms with E-state index in [-0.39, 0.29) is 11.6 Å². The maximum absolute atomic E-state index is 13.8. The van der Waals surface area contributed by atoms with Crippen molar-refractivity contribution in [3.05, 3.63) is 99.6 Å². The van der Waals surface area contributed by atoms with Gasteiger partial charge in [-0.15, -0.1) is 0 Å². The van der Waals surface area contributed by atoms with Crippen LogP contribution in [0.4, 0.5) is 10.5 Å². The van der Waals surface area contributed by atoms with Crippen molar-refractivity contribution in [1.29, 1.82) is 0 Å². The zero-order valence-electron chi connectivity index (χ0n) is 20.9. The predicted octanol–water partition coefficient (Wildman–Crippen LogP) is 7.00. The number of para-hydroxylation sites is 1. The van der Waals surface area contributed by atoms with E-state index in [4.69, 9.17) is 16.6 Å². The number of urea groups is 1. The molecule has 1 unspecified atom stereocenters. The molecule has 4 aromatic rings. The lowest BCUT2D eigenvalue weighted by Crippen LogP contribution is -2.41. The molecule has 4 rings (SSSR count). The smallest absolute Gasteiger partial charge is 0.314 e. The van der Waals surface area contributed by atoms with Gasteiger partial charge < -0.3 is 10.2 Å². The van der Waals surface area contributed by atoms with Crippen molar-refractivity contribution in [3.8, 4) is 5.69 Å². The molecule has 1 aromatic heterocycles. The first-order valence-corrected chi connectivity index (χ1v) is 12.8. The van der Waals surface area contributed by atoms with Crippen LogP contribution in [0.1, 0.15) is 51.0 Å². The van der Waals surface area contributed by atoms with Gasteiger partial charge in [0.25, 0.3) is 5.56 Å². The van der Waals surface area contributed by atoms with Crippen LogP contribution in [0.25, 0.3) is 16.6 Å². The lowest BCUT2D eigenvalue weighted by Gasteiger charge is -2.32. The van der Waals surface area contributed by atoms with E-state index >= 15 is 0 Å². The first-order valence-electron chi connectivity index (χ1n) is 12.4. The number of benzene rings is 3. The fourth-order valence-corrected chi connectivity index (χ4v) is 4.54. The molecule has 6 nitrogen and oxygen atoms in total. The molecule has 1 atom stereocenters. The van der Waals surface area contributed by atoms with E-state index in [1.165, 1.54) is 5.56 Å². The zero-order valence-corrected chi connectivity index (χ0v) is 21.6. The number of aryl methyl sites for hydroxylation is 1. The van der Waals surface area contributed by atoms with Gasteiger partial charge in [0.05, 0.1) is 22.6 Å². The number of rotatable bonds is 8. The number of carbonyl (C=O) groups is 1. The number of hydrogen-bond acceptors (Lipinski definition) is 3. The summed E-state index contributed by atoms with van der Waals surface area (Å²) in [5.41, 5.74) is 3.04. The van der Waals surface area contributed by atoms with Gasteiger partial charge in [0.2, 0.25) is 0 Å². The number of carbonyl (C=O) groups excluding carboxylic acids is 1. The topological polar surface area (TPSA) is 67.2 Å². The Labute approximate surface area is 216 Å². The summed E-state index contributed by atoms with van der Waals surface area (Å²) in [4.78, 5) is 34.0. The predicted molar refractivity (Wildman–Crippen MR) is 147 cm³/mol. The summed E-state index contributed by atoms with van der Waals surface area (Å²) < 4.78 is 1.66. The van der Waals surface area contributed by atoms with E-state index < -0.39 is 6.04 Å². The van der Waals surface area contributed by atoms with Gasteiger partial charge >= 0.3 is 6.03 Å². The number of hydrogen-bond donors (Lipinski definition) is 1. The summed E-state index contributed by atoms with van der Waals surface area (Å²) in [6.07, 6.45) is 2.25. The summed E-state index contributed by atoms with van der Waals surface area (Å²) in [6.45, 7) is 6.64. The highest BCUT2D eigenvalue weighted by Crippen LogP contribution is 2.27. The number of halogens is 1. The molecule has 0 fully saturated rings. The van der Waals surface area contributed by atoms with E-state index in [1.54, 1.807) is 39.8 Å². The molecule has 186 valence electrons. The van der Waals surface area contributed by atoms with E-state index in [0.29, 0.717) is 40.4 Å². The van der Waals surface area contributed by atoms with Gasteiger partial charge in [-0.1, -0.05) is 56.6 Å². The molecule has 1 heterocycles. The van der Waals surface area contributed by atoms with Crippen LogP contribution >= 0.6 is 11.6 Å². The van der Waals surface area contributed by atoms with Crippen molar-refractivity contribution < 1.29 is 4.79 Å². The molecule has 0 bridgehead atoms. The first-order chi connectivity index (χ1) is 17.5. The van der Waals surface area contributed by atoms with Crippen molar-refractivity contribution in [2.45, 2.75) is 46.1 Å². The molecule has 0 radical (unpaired) electrons. The summed E-state index contributed by atoms with van der Waals surface area (Å²) >= 11 is 6.01. The zero-order chi connectivity index (χ0) is 25.7. The van der Waals surface area contributed by atoms with Crippen LogP contribution in [0.5, 0.6) is 0 Å². The molecule has 36 heavy (non-hydrogen) atoms. The maximum atomic E-state index is 13.8. The molecule has 1 N–H and O–H groups in total. The van der Waals surface area contributed by atoms with E-state index in [1.807, 2.05) is 56.3 Å². The monoisotopic (exact) mass is 502 g/mol. The molecule has 2 amide bonds. The van der Waals surface area contributed by atoms with E-state index in [9.17, 15) is 9.59 Å². The summed E-state index contributed by atoms with van der Waals surface area (Å²) in [5, 5.41) is 4.12. The summed E-state index contributed by atoms with van der Waals surface area (Å²) in [6, 6.07) is 21.7. The average molecular weight is 503 g/mol. The van der Waals surface area contributed by atoms with Crippen molar-refractivity contribution >= 4 is 34.2 Å². The molecule has 0 saturated carbocycles. The molecule has 0 aliphatic rings. The van der Waals surface area contributed by atoms with Crippen LogP contribution in [0.15, 0.2) is 77.6 Å². The fraction of sp³-hybridized carbons (Fsp3) is 0.276. The number of fused-ring (bicyclic) bond motifs is 1. The van der Waals surface area contributed by atoms with Gasteiger partial charge in [0.1, 0.15) is 5.82 Å².